The van der Waals surface area contributed by atoms with E-state index in [9.17, 15) is 9.59 Å². The van der Waals surface area contributed by atoms with Crippen LogP contribution in [0.3, 0.4) is 0 Å². The summed E-state index contributed by atoms with van der Waals surface area (Å²) in [6.45, 7) is 5.89. The zero-order chi connectivity index (χ0) is 20.3. The van der Waals surface area contributed by atoms with Crippen molar-refractivity contribution in [1.29, 1.82) is 0 Å². The molecule has 0 spiro atoms. The van der Waals surface area contributed by atoms with Crippen LogP contribution in [0.5, 0.6) is 0 Å². The molecule has 28 heavy (non-hydrogen) atoms. The number of carbonyl (C=O) groups excluding carboxylic acids is 2. The van der Waals surface area contributed by atoms with Gasteiger partial charge in [-0.3, -0.25) is 4.79 Å². The van der Waals surface area contributed by atoms with E-state index in [1.807, 2.05) is 16.8 Å². The molecule has 3 N–H and O–H groups in total. The average molecular weight is 398 g/mol. The maximum Gasteiger partial charge on any atom is 0.339 e. The summed E-state index contributed by atoms with van der Waals surface area (Å²) in [4.78, 5) is 29.1. The number of hydrogen-bond donors (Lipinski definition) is 2. The van der Waals surface area contributed by atoms with Crippen LogP contribution in [0.15, 0.2) is 41.8 Å². The fourth-order valence-electron chi connectivity index (χ4n) is 3.42. The quantitative estimate of drug-likeness (QED) is 0.474. The highest BCUT2D eigenvalue weighted by Crippen LogP contribution is 2.23. The van der Waals surface area contributed by atoms with Crippen molar-refractivity contribution in [3.05, 3.63) is 80.3 Å². The number of aromatic amines is 1. The largest absolute Gasteiger partial charge is 0.465 e. The normalized spacial score (nSPS) is 12.0. The van der Waals surface area contributed by atoms with Gasteiger partial charge in [-0.1, -0.05) is 35.9 Å². The van der Waals surface area contributed by atoms with Gasteiger partial charge in [-0.15, -0.1) is 11.3 Å². The summed E-state index contributed by atoms with van der Waals surface area (Å²) in [5, 5.41) is 4.10. The number of ether oxygens (including phenoxy) is 1. The van der Waals surface area contributed by atoms with Crippen LogP contribution in [0, 0.1) is 20.8 Å². The van der Waals surface area contributed by atoms with E-state index in [0.29, 0.717) is 22.5 Å². The Bertz CT molecular complexity index is 972. The fourth-order valence-corrected chi connectivity index (χ4v) is 4.27. The van der Waals surface area contributed by atoms with Gasteiger partial charge in [0, 0.05) is 11.3 Å². The Balaban J connectivity index is 1.81. The first-order valence-corrected chi connectivity index (χ1v) is 10.0. The average Bonchev–Trinajstić information content (AvgIpc) is 3.31. The number of Topliss-reactive ketones (excluding diaryl/α,β-unsaturated/α-hetero) is 1. The number of benzene rings is 1. The minimum absolute atomic E-state index is 0.0376. The van der Waals surface area contributed by atoms with Gasteiger partial charge in [0.2, 0.25) is 5.78 Å². The zero-order valence-electron chi connectivity index (χ0n) is 16.5. The van der Waals surface area contributed by atoms with Crippen LogP contribution in [-0.2, 0) is 4.74 Å². The first kappa shape index (κ1) is 20.0. The van der Waals surface area contributed by atoms with Gasteiger partial charge in [-0.2, -0.15) is 0 Å². The lowest BCUT2D eigenvalue weighted by Crippen LogP contribution is -2.87. The van der Waals surface area contributed by atoms with E-state index < -0.39 is 5.97 Å². The molecule has 2 aromatic heterocycles. The number of nitrogens with one attached hydrogen (secondary N) is 1. The Morgan fingerprint density at radius 3 is 2.46 bits per heavy atom. The Hall–Kier alpha value is -2.70. The van der Waals surface area contributed by atoms with Gasteiger partial charge in [0.25, 0.3) is 0 Å². The molecule has 146 valence electrons. The van der Waals surface area contributed by atoms with Crippen LogP contribution in [0.1, 0.15) is 54.1 Å². The number of rotatable bonds is 7. The van der Waals surface area contributed by atoms with Gasteiger partial charge < -0.3 is 15.0 Å². The van der Waals surface area contributed by atoms with Crippen molar-refractivity contribution >= 4 is 23.1 Å². The van der Waals surface area contributed by atoms with Crippen molar-refractivity contribution in [2.45, 2.75) is 26.8 Å². The molecule has 0 fully saturated rings. The standard InChI is InChI=1S/C22H24N2O3S/c1-13-7-9-16(10-8-13)21(18-6-5-11-28-18)23-12-17(25)20-14(2)19(15(3)24-20)22(26)27-4/h5-11,21,23-24H,12H2,1-4H3/p+1/t21-/m1/s1. The SMILES string of the molecule is COC(=O)c1c(C)[nH]c(C(=O)C[NH2+][C@H](c2ccc(C)cc2)c2cccs2)c1C. The molecule has 6 heteroatoms. The van der Waals surface area contributed by atoms with Crippen molar-refractivity contribution in [3.8, 4) is 0 Å². The monoisotopic (exact) mass is 397 g/mol. The van der Waals surface area contributed by atoms with Crippen molar-refractivity contribution < 1.29 is 19.6 Å². The van der Waals surface area contributed by atoms with Crippen LogP contribution in [-0.4, -0.2) is 30.4 Å². The fraction of sp³-hybridized carbons (Fsp3) is 0.273. The molecule has 2 heterocycles. The molecule has 0 aliphatic rings. The predicted molar refractivity (Wildman–Crippen MR) is 110 cm³/mol. The topological polar surface area (TPSA) is 75.8 Å². The van der Waals surface area contributed by atoms with Gasteiger partial charge in [0.1, 0.15) is 12.6 Å². The maximum absolute atomic E-state index is 12.9. The Labute approximate surface area is 168 Å². The maximum atomic E-state index is 12.9. The molecule has 0 aliphatic carbocycles. The van der Waals surface area contributed by atoms with Crippen molar-refractivity contribution in [3.63, 3.8) is 0 Å². The third-order valence-corrected chi connectivity index (χ3v) is 5.89. The molecule has 0 saturated carbocycles. The van der Waals surface area contributed by atoms with Gasteiger partial charge in [-0.25, -0.2) is 4.79 Å². The molecule has 0 aliphatic heterocycles. The predicted octanol–water partition coefficient (Wildman–Crippen LogP) is 3.32. The molecule has 0 saturated heterocycles. The highest BCUT2D eigenvalue weighted by molar-refractivity contribution is 7.10. The smallest absolute Gasteiger partial charge is 0.339 e. The van der Waals surface area contributed by atoms with E-state index in [1.54, 1.807) is 25.2 Å². The second-order valence-electron chi connectivity index (χ2n) is 6.88. The van der Waals surface area contributed by atoms with E-state index in [1.165, 1.54) is 17.6 Å². The minimum Gasteiger partial charge on any atom is -0.465 e. The van der Waals surface area contributed by atoms with E-state index in [4.69, 9.17) is 4.74 Å². The molecule has 1 aromatic carbocycles. The van der Waals surface area contributed by atoms with E-state index in [-0.39, 0.29) is 18.4 Å². The lowest BCUT2D eigenvalue weighted by atomic mass is 10.0. The van der Waals surface area contributed by atoms with Crippen LogP contribution in [0.4, 0.5) is 0 Å². The van der Waals surface area contributed by atoms with Gasteiger partial charge >= 0.3 is 5.97 Å². The summed E-state index contributed by atoms with van der Waals surface area (Å²) in [6, 6.07) is 12.6. The number of methoxy groups -OCH3 is 1. The number of aromatic nitrogens is 1. The molecule has 0 amide bonds. The molecule has 0 bridgehead atoms. The number of quaternary nitrogens is 1. The third-order valence-electron chi connectivity index (χ3n) is 4.93. The number of esters is 1. The van der Waals surface area contributed by atoms with Crippen LogP contribution >= 0.6 is 11.3 Å². The van der Waals surface area contributed by atoms with Crippen LogP contribution < -0.4 is 5.32 Å². The summed E-state index contributed by atoms with van der Waals surface area (Å²) in [6.07, 6.45) is 0. The minimum atomic E-state index is -0.426. The summed E-state index contributed by atoms with van der Waals surface area (Å²) in [7, 11) is 1.34. The molecule has 3 rings (SSSR count). The number of H-pyrrole nitrogens is 1. The molecule has 5 nitrogen and oxygen atoms in total. The second kappa shape index (κ2) is 8.54. The number of thiophene rings is 1. The van der Waals surface area contributed by atoms with Crippen LogP contribution in [0.2, 0.25) is 0 Å². The summed E-state index contributed by atoms with van der Waals surface area (Å²) >= 11 is 1.68. The third kappa shape index (κ3) is 4.08. The number of aryl methyl sites for hydroxylation is 2. The van der Waals surface area contributed by atoms with Crippen molar-refractivity contribution in [2.24, 2.45) is 0 Å². The Morgan fingerprint density at radius 1 is 1.14 bits per heavy atom. The molecule has 3 aromatic rings. The van der Waals surface area contributed by atoms with E-state index in [2.05, 4.69) is 42.2 Å². The first-order chi connectivity index (χ1) is 13.4. The molecule has 0 radical (unpaired) electrons. The number of nitrogens with two attached hydrogens (primary N) is 1. The molecular weight excluding hydrogens is 372 g/mol. The summed E-state index contributed by atoms with van der Waals surface area (Å²) in [5.74, 6) is -0.463. The number of hydrogen-bond acceptors (Lipinski definition) is 4. The molecular formula is C22H25N2O3S+. The second-order valence-corrected chi connectivity index (χ2v) is 7.86. The van der Waals surface area contributed by atoms with E-state index in [0.717, 1.165) is 5.56 Å². The Morgan fingerprint density at radius 2 is 1.86 bits per heavy atom. The highest BCUT2D eigenvalue weighted by atomic mass is 32.1. The Kier molecular flexibility index (Phi) is 6.11. The van der Waals surface area contributed by atoms with Crippen molar-refractivity contribution in [1.82, 2.24) is 4.98 Å². The lowest BCUT2D eigenvalue weighted by Gasteiger charge is -2.14. The van der Waals surface area contributed by atoms with Crippen molar-refractivity contribution in [2.75, 3.05) is 13.7 Å². The lowest BCUT2D eigenvalue weighted by molar-refractivity contribution is -0.675. The summed E-state index contributed by atoms with van der Waals surface area (Å²) in [5.41, 5.74) is 4.59. The molecule has 1 atom stereocenters. The molecule has 0 unspecified atom stereocenters. The highest BCUT2D eigenvalue weighted by Gasteiger charge is 2.25. The van der Waals surface area contributed by atoms with Crippen LogP contribution in [0.25, 0.3) is 0 Å². The van der Waals surface area contributed by atoms with Gasteiger partial charge in [-0.05, 0) is 37.8 Å². The number of carbonyl (C=O) groups is 2. The van der Waals surface area contributed by atoms with Gasteiger partial charge in [0.15, 0.2) is 0 Å². The first-order valence-electron chi connectivity index (χ1n) is 9.16. The zero-order valence-corrected chi connectivity index (χ0v) is 17.4. The van der Waals surface area contributed by atoms with E-state index >= 15 is 0 Å². The summed E-state index contributed by atoms with van der Waals surface area (Å²) < 4.78 is 4.83. The van der Waals surface area contributed by atoms with Gasteiger partial charge in [0.05, 0.1) is 23.2 Å². The number of ketones is 1.